The van der Waals surface area contributed by atoms with E-state index in [0.717, 1.165) is 16.7 Å². The highest BCUT2D eigenvalue weighted by Gasteiger charge is 2.09. The van der Waals surface area contributed by atoms with Crippen molar-refractivity contribution >= 4 is 29.2 Å². The number of anilines is 2. The predicted molar refractivity (Wildman–Crippen MR) is 170 cm³/mol. The highest BCUT2D eigenvalue weighted by molar-refractivity contribution is 6.06. The molecular formula is C36H30N2O6. The van der Waals surface area contributed by atoms with Crippen LogP contribution in [0, 0.1) is 0 Å². The molecule has 8 nitrogen and oxygen atoms in total. The molecule has 5 rings (SSSR count). The van der Waals surface area contributed by atoms with Gasteiger partial charge in [-0.2, -0.15) is 0 Å². The first-order valence-electron chi connectivity index (χ1n) is 13.7. The smallest absolute Gasteiger partial charge is 0.341 e. The molecule has 0 aromatic heterocycles. The van der Waals surface area contributed by atoms with Gasteiger partial charge < -0.3 is 30.4 Å². The number of carbonyl (C=O) groups excluding carboxylic acids is 2. The Balaban J connectivity index is 1.05. The summed E-state index contributed by atoms with van der Waals surface area (Å²) in [5.41, 5.74) is 16.0. The van der Waals surface area contributed by atoms with E-state index in [4.69, 9.17) is 30.4 Å². The fraction of sp³-hybridized carbons (Fsp3) is 0.0556. The van der Waals surface area contributed by atoms with E-state index in [-0.39, 0.29) is 24.9 Å². The zero-order valence-electron chi connectivity index (χ0n) is 23.7. The zero-order valence-corrected chi connectivity index (χ0v) is 23.7. The van der Waals surface area contributed by atoms with Crippen molar-refractivity contribution in [3.8, 4) is 28.4 Å². The monoisotopic (exact) mass is 586 g/mol. The van der Waals surface area contributed by atoms with E-state index >= 15 is 0 Å². The topological polar surface area (TPSA) is 123 Å². The molecule has 8 heteroatoms. The van der Waals surface area contributed by atoms with Crippen molar-refractivity contribution in [2.45, 2.75) is 0 Å². The van der Waals surface area contributed by atoms with Gasteiger partial charge in [0.15, 0.2) is 5.78 Å². The Hall–Kier alpha value is -6.02. The van der Waals surface area contributed by atoms with E-state index in [1.54, 1.807) is 42.5 Å². The van der Waals surface area contributed by atoms with Crippen molar-refractivity contribution in [1.29, 1.82) is 0 Å². The van der Waals surface area contributed by atoms with Crippen LogP contribution < -0.4 is 25.7 Å². The summed E-state index contributed by atoms with van der Waals surface area (Å²) in [5.74, 6) is 1.24. The van der Waals surface area contributed by atoms with Crippen LogP contribution in [0.2, 0.25) is 0 Å². The lowest BCUT2D eigenvalue weighted by Crippen LogP contribution is -2.11. The summed E-state index contributed by atoms with van der Waals surface area (Å²) in [4.78, 5) is 24.4. The first kappa shape index (κ1) is 29.5. The second-order valence-electron chi connectivity index (χ2n) is 9.67. The molecule has 0 heterocycles. The van der Waals surface area contributed by atoms with Crippen LogP contribution in [-0.2, 0) is 4.74 Å². The lowest BCUT2D eigenvalue weighted by atomic mass is 10.1. The molecule has 0 bridgehead atoms. The first-order chi connectivity index (χ1) is 21.4. The molecule has 0 amide bonds. The van der Waals surface area contributed by atoms with E-state index < -0.39 is 5.97 Å². The number of hydrogen-bond donors (Lipinski definition) is 2. The Morgan fingerprint density at radius 1 is 0.568 bits per heavy atom. The molecule has 220 valence electrons. The Morgan fingerprint density at radius 2 is 1.07 bits per heavy atom. The van der Waals surface area contributed by atoms with Gasteiger partial charge in [0.25, 0.3) is 0 Å². The molecule has 0 unspecified atom stereocenters. The van der Waals surface area contributed by atoms with E-state index in [2.05, 4.69) is 0 Å². The van der Waals surface area contributed by atoms with Crippen LogP contribution in [0.1, 0.15) is 26.3 Å². The molecule has 44 heavy (non-hydrogen) atoms. The number of esters is 1. The molecule has 5 aromatic rings. The third kappa shape index (κ3) is 8.27. The number of nitrogens with two attached hydrogens (primary N) is 2. The molecule has 0 atom stereocenters. The van der Waals surface area contributed by atoms with Crippen LogP contribution in [0.15, 0.2) is 127 Å². The molecule has 0 aliphatic rings. The summed E-state index contributed by atoms with van der Waals surface area (Å²) in [6.07, 6.45) is 3.33. The van der Waals surface area contributed by atoms with Crippen molar-refractivity contribution in [2.24, 2.45) is 0 Å². The summed E-state index contributed by atoms with van der Waals surface area (Å²) in [6, 6.07) is 36.1. The maximum atomic E-state index is 12.2. The third-order valence-electron chi connectivity index (χ3n) is 6.49. The summed E-state index contributed by atoms with van der Waals surface area (Å²) in [7, 11) is 0. The molecule has 0 radical (unpaired) electrons. The second-order valence-corrected chi connectivity index (χ2v) is 9.67. The number of hydrogen-bond acceptors (Lipinski definition) is 8. The number of ether oxygens (including phenoxy) is 4. The SMILES string of the molecule is Nc1cc(N)cc(C(=O)OCOc2ccc(-c3ccc(OCOc4ccc(/C=C/C(=O)c5ccccc5)cc4)cc3)cc2)c1. The second kappa shape index (κ2) is 14.2. The number of ketones is 1. The van der Waals surface area contributed by atoms with Crippen LogP contribution >= 0.6 is 0 Å². The number of nitrogen functional groups attached to an aromatic ring is 2. The quantitative estimate of drug-likeness (QED) is 0.0526. The van der Waals surface area contributed by atoms with Crippen LogP contribution in [0.3, 0.4) is 0 Å². The van der Waals surface area contributed by atoms with Gasteiger partial charge in [-0.05, 0) is 77.4 Å². The minimum atomic E-state index is -0.576. The van der Waals surface area contributed by atoms with Crippen molar-refractivity contribution in [1.82, 2.24) is 0 Å². The lowest BCUT2D eigenvalue weighted by Gasteiger charge is -2.10. The number of rotatable bonds is 12. The van der Waals surface area contributed by atoms with Gasteiger partial charge in [-0.25, -0.2) is 4.79 Å². The highest BCUT2D eigenvalue weighted by Crippen LogP contribution is 2.25. The summed E-state index contributed by atoms with van der Waals surface area (Å²) < 4.78 is 22.1. The zero-order chi connectivity index (χ0) is 30.7. The van der Waals surface area contributed by atoms with E-state index in [0.29, 0.717) is 34.2 Å². The fourth-order valence-electron chi connectivity index (χ4n) is 4.23. The lowest BCUT2D eigenvalue weighted by molar-refractivity contribution is 0.0154. The number of benzene rings is 5. The third-order valence-corrected chi connectivity index (χ3v) is 6.49. The van der Waals surface area contributed by atoms with Crippen molar-refractivity contribution in [3.05, 3.63) is 144 Å². The van der Waals surface area contributed by atoms with Crippen LogP contribution in [0.25, 0.3) is 17.2 Å². The molecule has 0 saturated carbocycles. The molecule has 4 N–H and O–H groups in total. The molecule has 0 spiro atoms. The van der Waals surface area contributed by atoms with Crippen molar-refractivity contribution < 1.29 is 28.5 Å². The minimum absolute atomic E-state index is 0.0443. The molecular weight excluding hydrogens is 556 g/mol. The number of allylic oxidation sites excluding steroid dienone is 1. The summed E-state index contributed by atoms with van der Waals surface area (Å²) >= 11 is 0. The largest absolute Gasteiger partial charge is 0.458 e. The maximum absolute atomic E-state index is 12.2. The van der Waals surface area contributed by atoms with Gasteiger partial charge in [-0.1, -0.05) is 72.8 Å². The van der Waals surface area contributed by atoms with Crippen molar-refractivity contribution in [2.75, 3.05) is 25.1 Å². The van der Waals surface area contributed by atoms with Gasteiger partial charge in [0.1, 0.15) is 17.2 Å². The Morgan fingerprint density at radius 3 is 1.61 bits per heavy atom. The molecule has 0 saturated heterocycles. The predicted octanol–water partition coefficient (Wildman–Crippen LogP) is 7.02. The fourth-order valence-corrected chi connectivity index (χ4v) is 4.23. The summed E-state index contributed by atoms with van der Waals surface area (Å²) in [6.45, 7) is -0.208. The van der Waals surface area contributed by atoms with E-state index in [1.165, 1.54) is 12.1 Å². The Kier molecular flexibility index (Phi) is 9.54. The molecule has 0 aliphatic heterocycles. The highest BCUT2D eigenvalue weighted by atomic mass is 16.7. The normalized spacial score (nSPS) is 10.7. The average molecular weight is 587 g/mol. The number of carbonyl (C=O) groups is 2. The molecule has 5 aromatic carbocycles. The minimum Gasteiger partial charge on any atom is -0.458 e. The van der Waals surface area contributed by atoms with E-state index in [1.807, 2.05) is 78.9 Å². The average Bonchev–Trinajstić information content (AvgIpc) is 3.05. The van der Waals surface area contributed by atoms with Crippen LogP contribution in [0.4, 0.5) is 11.4 Å². The summed E-state index contributed by atoms with van der Waals surface area (Å²) in [5, 5.41) is 0. The Labute approximate surface area is 255 Å². The standard InChI is InChI=1S/C36H30N2O6/c37-30-20-29(21-31(38)22-30)36(40)44-24-43-34-17-11-27(12-18-34)26-9-15-33(16-10-26)42-23-41-32-13-6-25(7-14-32)8-19-35(39)28-4-2-1-3-5-28/h1-22H,23-24,37-38H2/b19-8+. The maximum Gasteiger partial charge on any atom is 0.341 e. The van der Waals surface area contributed by atoms with Gasteiger partial charge >= 0.3 is 5.97 Å². The van der Waals surface area contributed by atoms with E-state index in [9.17, 15) is 9.59 Å². The van der Waals surface area contributed by atoms with Crippen LogP contribution in [0.5, 0.6) is 17.2 Å². The van der Waals surface area contributed by atoms with Crippen LogP contribution in [-0.4, -0.2) is 25.3 Å². The van der Waals surface area contributed by atoms with Gasteiger partial charge in [-0.3, -0.25) is 4.79 Å². The Bertz CT molecular complexity index is 1710. The van der Waals surface area contributed by atoms with Gasteiger partial charge in [-0.15, -0.1) is 0 Å². The first-order valence-corrected chi connectivity index (χ1v) is 13.7. The van der Waals surface area contributed by atoms with Gasteiger partial charge in [0.2, 0.25) is 13.6 Å². The molecule has 0 fully saturated rings. The van der Waals surface area contributed by atoms with Gasteiger partial charge in [0, 0.05) is 16.9 Å². The molecule has 0 aliphatic carbocycles. The van der Waals surface area contributed by atoms with Gasteiger partial charge in [0.05, 0.1) is 5.56 Å². The van der Waals surface area contributed by atoms with Crippen molar-refractivity contribution in [3.63, 3.8) is 0 Å².